The molecule has 4 nitrogen and oxygen atoms in total. The molecule has 0 atom stereocenters. The third-order valence-electron chi connectivity index (χ3n) is 4.41. The summed E-state index contributed by atoms with van der Waals surface area (Å²) in [4.78, 5) is 17.1. The van der Waals surface area contributed by atoms with Crippen molar-refractivity contribution in [3.63, 3.8) is 0 Å². The maximum Gasteiger partial charge on any atom is 0.255 e. The zero-order valence-corrected chi connectivity index (χ0v) is 17.2. The number of hydrogen-bond acceptors (Lipinski definition) is 4. The molecule has 0 aliphatic heterocycles. The van der Waals surface area contributed by atoms with E-state index < -0.39 is 0 Å². The third kappa shape index (κ3) is 4.65. The van der Waals surface area contributed by atoms with E-state index in [1.165, 1.54) is 0 Å². The van der Waals surface area contributed by atoms with Gasteiger partial charge in [-0.1, -0.05) is 41.9 Å². The second-order valence-corrected chi connectivity index (χ2v) is 7.81. The monoisotopic (exact) mass is 419 g/mol. The number of nitrogens with one attached hydrogen (secondary N) is 2. The van der Waals surface area contributed by atoms with Crippen LogP contribution in [0.2, 0.25) is 5.02 Å². The Balaban J connectivity index is 1.50. The van der Waals surface area contributed by atoms with Crippen LogP contribution in [0, 0.1) is 6.92 Å². The van der Waals surface area contributed by atoms with Crippen LogP contribution in [0.3, 0.4) is 0 Å². The molecule has 6 heteroatoms. The van der Waals surface area contributed by atoms with Gasteiger partial charge in [-0.3, -0.25) is 4.79 Å². The maximum absolute atomic E-state index is 12.4. The minimum Gasteiger partial charge on any atom is -0.331 e. The quantitative estimate of drug-likeness (QED) is 0.375. The number of thiazole rings is 1. The lowest BCUT2D eigenvalue weighted by molar-refractivity contribution is 0.102. The smallest absolute Gasteiger partial charge is 0.255 e. The summed E-state index contributed by atoms with van der Waals surface area (Å²) in [5, 5.41) is 9.71. The molecule has 0 bridgehead atoms. The Morgan fingerprint density at radius 3 is 2.59 bits per heavy atom. The first-order valence-electron chi connectivity index (χ1n) is 9.04. The zero-order chi connectivity index (χ0) is 20.2. The Hall–Kier alpha value is -3.15. The number of para-hydroxylation sites is 1. The topological polar surface area (TPSA) is 54.0 Å². The number of halogens is 1. The van der Waals surface area contributed by atoms with Gasteiger partial charge in [0, 0.05) is 32.9 Å². The van der Waals surface area contributed by atoms with Crippen molar-refractivity contribution >= 4 is 45.4 Å². The van der Waals surface area contributed by atoms with Crippen molar-refractivity contribution in [2.75, 3.05) is 10.6 Å². The fraction of sp³-hybridized carbons (Fsp3) is 0.0435. The summed E-state index contributed by atoms with van der Waals surface area (Å²) in [5.41, 5.74) is 5.26. The van der Waals surface area contributed by atoms with Crippen LogP contribution >= 0.6 is 22.9 Å². The molecule has 144 valence electrons. The van der Waals surface area contributed by atoms with Crippen molar-refractivity contribution in [1.82, 2.24) is 4.98 Å². The first kappa shape index (κ1) is 19.2. The Morgan fingerprint density at radius 1 is 1.00 bits per heavy atom. The van der Waals surface area contributed by atoms with Crippen LogP contribution in [-0.2, 0) is 0 Å². The van der Waals surface area contributed by atoms with E-state index in [1.54, 1.807) is 35.6 Å². The molecule has 0 fully saturated rings. The van der Waals surface area contributed by atoms with Crippen molar-refractivity contribution < 1.29 is 4.79 Å². The third-order valence-corrected chi connectivity index (χ3v) is 5.42. The molecule has 0 saturated carbocycles. The molecule has 0 aliphatic carbocycles. The summed E-state index contributed by atoms with van der Waals surface area (Å²) < 4.78 is 0. The van der Waals surface area contributed by atoms with Crippen molar-refractivity contribution in [3.05, 3.63) is 94.3 Å². The molecule has 4 rings (SSSR count). The number of rotatable bonds is 5. The Bertz CT molecular complexity index is 1150. The summed E-state index contributed by atoms with van der Waals surface area (Å²) in [6.07, 6.45) is 0. The highest BCUT2D eigenvalue weighted by Gasteiger charge is 2.09. The molecular formula is C23H18ClN3OS. The number of benzene rings is 3. The van der Waals surface area contributed by atoms with Crippen LogP contribution in [0.15, 0.2) is 78.2 Å². The average molecular weight is 420 g/mol. The number of nitrogens with zero attached hydrogens (tertiary/aromatic N) is 1. The predicted molar refractivity (Wildman–Crippen MR) is 121 cm³/mol. The van der Waals surface area contributed by atoms with Gasteiger partial charge >= 0.3 is 0 Å². The molecule has 0 saturated heterocycles. The highest BCUT2D eigenvalue weighted by Crippen LogP contribution is 2.29. The molecule has 1 aromatic heterocycles. The maximum atomic E-state index is 12.4. The molecule has 0 radical (unpaired) electrons. The van der Waals surface area contributed by atoms with E-state index in [2.05, 4.69) is 28.6 Å². The van der Waals surface area contributed by atoms with Gasteiger partial charge in [-0.15, -0.1) is 11.3 Å². The summed E-state index contributed by atoms with van der Waals surface area (Å²) in [6, 6.07) is 22.6. The van der Waals surface area contributed by atoms with E-state index >= 15 is 0 Å². The standard InChI is InChI=1S/C23H18ClN3OS/c1-15-5-2-3-8-20(15)26-23-27-21(14-29-23)17-6-4-7-19(13-17)25-22(28)16-9-11-18(24)12-10-16/h2-14H,1H3,(H,25,28)(H,26,27). The van der Waals surface area contributed by atoms with Crippen LogP contribution in [-0.4, -0.2) is 10.9 Å². The van der Waals surface area contributed by atoms with Gasteiger partial charge in [0.1, 0.15) is 0 Å². The average Bonchev–Trinajstić information content (AvgIpc) is 3.19. The van der Waals surface area contributed by atoms with Gasteiger partial charge < -0.3 is 10.6 Å². The highest BCUT2D eigenvalue weighted by molar-refractivity contribution is 7.14. The normalized spacial score (nSPS) is 10.6. The van der Waals surface area contributed by atoms with Crippen LogP contribution in [0.4, 0.5) is 16.5 Å². The Kier molecular flexibility index (Phi) is 5.60. The highest BCUT2D eigenvalue weighted by atomic mass is 35.5. The molecular weight excluding hydrogens is 402 g/mol. The lowest BCUT2D eigenvalue weighted by Crippen LogP contribution is -2.11. The Morgan fingerprint density at radius 2 is 1.79 bits per heavy atom. The molecule has 1 amide bonds. The van der Waals surface area contributed by atoms with Crippen molar-refractivity contribution in [2.45, 2.75) is 6.92 Å². The second-order valence-electron chi connectivity index (χ2n) is 6.52. The summed E-state index contributed by atoms with van der Waals surface area (Å²) >= 11 is 7.43. The molecule has 4 aromatic rings. The minimum absolute atomic E-state index is 0.181. The van der Waals surface area contributed by atoms with Crippen LogP contribution in [0.5, 0.6) is 0 Å². The SMILES string of the molecule is Cc1ccccc1Nc1nc(-c2cccc(NC(=O)c3ccc(Cl)cc3)c2)cs1. The van der Waals surface area contributed by atoms with Crippen LogP contribution < -0.4 is 10.6 Å². The molecule has 0 aliphatic rings. The van der Waals surface area contributed by atoms with E-state index in [4.69, 9.17) is 11.6 Å². The number of carbonyl (C=O) groups excluding carboxylic acids is 1. The van der Waals surface area contributed by atoms with E-state index in [-0.39, 0.29) is 5.91 Å². The number of aryl methyl sites for hydroxylation is 1. The van der Waals surface area contributed by atoms with E-state index in [0.717, 1.165) is 27.6 Å². The number of hydrogen-bond donors (Lipinski definition) is 2. The molecule has 29 heavy (non-hydrogen) atoms. The number of amides is 1. The fourth-order valence-corrected chi connectivity index (χ4v) is 3.71. The van der Waals surface area contributed by atoms with Gasteiger partial charge in [-0.25, -0.2) is 4.98 Å². The molecule has 0 unspecified atom stereocenters. The fourth-order valence-electron chi connectivity index (χ4n) is 2.85. The lowest BCUT2D eigenvalue weighted by Gasteiger charge is -2.07. The second kappa shape index (κ2) is 8.47. The summed E-state index contributed by atoms with van der Waals surface area (Å²) in [5.74, 6) is -0.181. The number of carbonyl (C=O) groups is 1. The summed E-state index contributed by atoms with van der Waals surface area (Å²) in [6.45, 7) is 2.06. The molecule has 0 spiro atoms. The van der Waals surface area contributed by atoms with Gasteiger partial charge in [-0.05, 0) is 55.0 Å². The van der Waals surface area contributed by atoms with Gasteiger partial charge in [0.05, 0.1) is 5.69 Å². The largest absolute Gasteiger partial charge is 0.331 e. The predicted octanol–water partition coefficient (Wildman–Crippen LogP) is 6.77. The van der Waals surface area contributed by atoms with Gasteiger partial charge in [0.15, 0.2) is 5.13 Å². The zero-order valence-electron chi connectivity index (χ0n) is 15.6. The number of anilines is 3. The van der Waals surface area contributed by atoms with Crippen molar-refractivity contribution in [3.8, 4) is 11.3 Å². The van der Waals surface area contributed by atoms with Gasteiger partial charge in [0.25, 0.3) is 5.91 Å². The van der Waals surface area contributed by atoms with Crippen molar-refractivity contribution in [1.29, 1.82) is 0 Å². The van der Waals surface area contributed by atoms with E-state index in [0.29, 0.717) is 16.3 Å². The minimum atomic E-state index is -0.181. The first-order valence-corrected chi connectivity index (χ1v) is 10.3. The van der Waals surface area contributed by atoms with E-state index in [1.807, 2.05) is 47.8 Å². The molecule has 1 heterocycles. The molecule has 2 N–H and O–H groups in total. The number of aromatic nitrogens is 1. The van der Waals surface area contributed by atoms with Crippen LogP contribution in [0.1, 0.15) is 15.9 Å². The Labute approximate surface area is 178 Å². The van der Waals surface area contributed by atoms with Crippen LogP contribution in [0.25, 0.3) is 11.3 Å². The molecule has 3 aromatic carbocycles. The first-order chi connectivity index (χ1) is 14.1. The van der Waals surface area contributed by atoms with Crippen molar-refractivity contribution in [2.24, 2.45) is 0 Å². The lowest BCUT2D eigenvalue weighted by atomic mass is 10.1. The van der Waals surface area contributed by atoms with E-state index in [9.17, 15) is 4.79 Å². The van der Waals surface area contributed by atoms with Gasteiger partial charge in [-0.2, -0.15) is 0 Å². The van der Waals surface area contributed by atoms with Gasteiger partial charge in [0.2, 0.25) is 0 Å². The summed E-state index contributed by atoms with van der Waals surface area (Å²) in [7, 11) is 0.